The molecule has 1 aromatic heterocycles. The van der Waals surface area contributed by atoms with Gasteiger partial charge in [-0.3, -0.25) is 0 Å². The topological polar surface area (TPSA) is 74.2 Å². The second-order valence-corrected chi connectivity index (χ2v) is 2.52. The van der Waals surface area contributed by atoms with Crippen LogP contribution in [0.3, 0.4) is 0 Å². The predicted molar refractivity (Wildman–Crippen MR) is 42.3 cm³/mol. The van der Waals surface area contributed by atoms with Crippen LogP contribution in [0.4, 0.5) is 0 Å². The normalized spacial score (nSPS) is 13.2. The summed E-state index contributed by atoms with van der Waals surface area (Å²) in [6.07, 6.45) is 3.06. The van der Waals surface area contributed by atoms with Crippen LogP contribution < -0.4 is 5.73 Å². The summed E-state index contributed by atoms with van der Waals surface area (Å²) in [6, 6.07) is -0.164. The molecule has 5 nitrogen and oxygen atoms in total. The van der Waals surface area contributed by atoms with E-state index in [2.05, 4.69) is 10.1 Å². The van der Waals surface area contributed by atoms with Crippen molar-refractivity contribution in [2.75, 3.05) is 13.7 Å². The Morgan fingerprint density at radius 1 is 1.75 bits per heavy atom. The summed E-state index contributed by atoms with van der Waals surface area (Å²) in [7, 11) is 1.66. The van der Waals surface area contributed by atoms with Crippen molar-refractivity contribution < 1.29 is 9.26 Å². The van der Waals surface area contributed by atoms with Crippen molar-refractivity contribution >= 4 is 0 Å². The van der Waals surface area contributed by atoms with Crippen molar-refractivity contribution in [1.82, 2.24) is 10.1 Å². The number of methoxy groups -OCH3 is 1. The zero-order valence-electron chi connectivity index (χ0n) is 7.06. The Balaban J connectivity index is 2.25. The molecule has 0 aliphatic rings. The maximum atomic E-state index is 5.73. The molecule has 0 saturated carbocycles. The number of nitrogens with zero attached hydrogens (tertiary/aromatic N) is 2. The van der Waals surface area contributed by atoms with Crippen molar-refractivity contribution in [3.05, 3.63) is 12.2 Å². The van der Waals surface area contributed by atoms with E-state index in [-0.39, 0.29) is 6.04 Å². The molecule has 12 heavy (non-hydrogen) atoms. The van der Waals surface area contributed by atoms with Gasteiger partial charge in [0.25, 0.3) is 0 Å². The number of nitrogens with two attached hydrogens (primary N) is 1. The van der Waals surface area contributed by atoms with Gasteiger partial charge >= 0.3 is 0 Å². The third-order valence-electron chi connectivity index (χ3n) is 1.56. The Morgan fingerprint density at radius 2 is 2.58 bits per heavy atom. The molecule has 0 saturated heterocycles. The molecule has 1 aromatic rings. The van der Waals surface area contributed by atoms with Crippen molar-refractivity contribution in [1.29, 1.82) is 0 Å². The number of rotatable bonds is 5. The average molecular weight is 171 g/mol. The van der Waals surface area contributed by atoms with Gasteiger partial charge < -0.3 is 15.0 Å². The van der Waals surface area contributed by atoms with Crippen LogP contribution in [0.25, 0.3) is 0 Å². The van der Waals surface area contributed by atoms with E-state index in [9.17, 15) is 0 Å². The van der Waals surface area contributed by atoms with Crippen molar-refractivity contribution in [2.45, 2.75) is 18.9 Å². The first-order valence-corrected chi connectivity index (χ1v) is 3.85. The lowest BCUT2D eigenvalue weighted by molar-refractivity contribution is 0.188. The predicted octanol–water partition coefficient (Wildman–Crippen LogP) is 0.496. The van der Waals surface area contributed by atoms with Gasteiger partial charge in [0.2, 0.25) is 5.89 Å². The third-order valence-corrected chi connectivity index (χ3v) is 1.56. The molecule has 68 valence electrons. The quantitative estimate of drug-likeness (QED) is 0.653. The molecule has 5 heteroatoms. The second-order valence-electron chi connectivity index (χ2n) is 2.52. The fraction of sp³-hybridized carbons (Fsp3) is 0.714. The highest BCUT2D eigenvalue weighted by molar-refractivity contribution is 4.83. The molecule has 0 spiro atoms. The Kier molecular flexibility index (Phi) is 3.69. The fourth-order valence-electron chi connectivity index (χ4n) is 0.916. The summed E-state index contributed by atoms with van der Waals surface area (Å²) in [5.41, 5.74) is 5.73. The summed E-state index contributed by atoms with van der Waals surface area (Å²) in [4.78, 5) is 3.85. The number of aromatic nitrogens is 2. The van der Waals surface area contributed by atoms with E-state index >= 15 is 0 Å². The number of ether oxygens (including phenoxy) is 1. The minimum Gasteiger partial charge on any atom is -0.385 e. The van der Waals surface area contributed by atoms with E-state index in [1.54, 1.807) is 7.11 Å². The zero-order valence-corrected chi connectivity index (χ0v) is 7.06. The fourth-order valence-corrected chi connectivity index (χ4v) is 0.916. The minimum absolute atomic E-state index is 0.164. The number of hydrogen-bond acceptors (Lipinski definition) is 5. The van der Waals surface area contributed by atoms with Crippen molar-refractivity contribution in [3.63, 3.8) is 0 Å². The van der Waals surface area contributed by atoms with Crippen LogP contribution in [0.15, 0.2) is 10.9 Å². The third kappa shape index (κ3) is 2.60. The van der Waals surface area contributed by atoms with E-state index < -0.39 is 0 Å². The molecule has 0 aromatic carbocycles. The van der Waals surface area contributed by atoms with Gasteiger partial charge in [-0.1, -0.05) is 5.16 Å². The van der Waals surface area contributed by atoms with Crippen LogP contribution >= 0.6 is 0 Å². The Bertz CT molecular complexity index is 200. The van der Waals surface area contributed by atoms with Gasteiger partial charge in [0.05, 0.1) is 6.04 Å². The van der Waals surface area contributed by atoms with Gasteiger partial charge in [0.15, 0.2) is 6.33 Å². The molecule has 0 radical (unpaired) electrons. The molecule has 1 atom stereocenters. The molecule has 0 aliphatic heterocycles. The van der Waals surface area contributed by atoms with Crippen LogP contribution in [-0.4, -0.2) is 23.9 Å². The van der Waals surface area contributed by atoms with Crippen LogP contribution in [0.5, 0.6) is 0 Å². The molecular formula is C7H13N3O2. The Labute approximate surface area is 70.9 Å². The van der Waals surface area contributed by atoms with Crippen LogP contribution in [0, 0.1) is 0 Å². The SMILES string of the molecule is COCCCC(N)c1ncno1. The monoisotopic (exact) mass is 171 g/mol. The van der Waals surface area contributed by atoms with Crippen LogP contribution in [-0.2, 0) is 4.74 Å². The van der Waals surface area contributed by atoms with Crippen molar-refractivity contribution in [2.24, 2.45) is 5.73 Å². The summed E-state index contributed by atoms with van der Waals surface area (Å²) in [5.74, 6) is 0.492. The molecule has 1 rings (SSSR count). The van der Waals surface area contributed by atoms with E-state index in [0.29, 0.717) is 12.5 Å². The first kappa shape index (κ1) is 9.15. The molecule has 1 unspecified atom stereocenters. The number of hydrogen-bond donors (Lipinski definition) is 1. The second kappa shape index (κ2) is 4.84. The zero-order chi connectivity index (χ0) is 8.81. The maximum absolute atomic E-state index is 5.73. The molecule has 0 bridgehead atoms. The van der Waals surface area contributed by atoms with Gasteiger partial charge in [-0.05, 0) is 12.8 Å². The van der Waals surface area contributed by atoms with Gasteiger partial charge in [0.1, 0.15) is 0 Å². The summed E-state index contributed by atoms with van der Waals surface area (Å²) in [6.45, 7) is 0.710. The summed E-state index contributed by atoms with van der Waals surface area (Å²) in [5, 5.41) is 3.47. The van der Waals surface area contributed by atoms with Crippen LogP contribution in [0.2, 0.25) is 0 Å². The van der Waals surface area contributed by atoms with Gasteiger partial charge in [-0.15, -0.1) is 0 Å². The van der Waals surface area contributed by atoms with Gasteiger partial charge in [-0.25, -0.2) is 0 Å². The summed E-state index contributed by atoms with van der Waals surface area (Å²) >= 11 is 0. The van der Waals surface area contributed by atoms with Crippen molar-refractivity contribution in [3.8, 4) is 0 Å². The first-order valence-electron chi connectivity index (χ1n) is 3.85. The van der Waals surface area contributed by atoms with E-state index in [4.69, 9.17) is 15.0 Å². The first-order chi connectivity index (χ1) is 5.84. The average Bonchev–Trinajstić information content (AvgIpc) is 2.56. The lowest BCUT2D eigenvalue weighted by Gasteiger charge is -2.04. The molecule has 2 N–H and O–H groups in total. The summed E-state index contributed by atoms with van der Waals surface area (Å²) < 4.78 is 9.69. The molecule has 0 amide bonds. The highest BCUT2D eigenvalue weighted by atomic mass is 16.5. The van der Waals surface area contributed by atoms with Gasteiger partial charge in [0, 0.05) is 13.7 Å². The maximum Gasteiger partial charge on any atom is 0.243 e. The Morgan fingerprint density at radius 3 is 3.17 bits per heavy atom. The smallest absolute Gasteiger partial charge is 0.243 e. The highest BCUT2D eigenvalue weighted by Crippen LogP contribution is 2.11. The minimum atomic E-state index is -0.164. The molecule has 1 heterocycles. The molecule has 0 fully saturated rings. The molecule has 0 aliphatic carbocycles. The van der Waals surface area contributed by atoms with E-state index in [1.165, 1.54) is 6.33 Å². The van der Waals surface area contributed by atoms with Crippen LogP contribution in [0.1, 0.15) is 24.8 Å². The largest absolute Gasteiger partial charge is 0.385 e. The van der Waals surface area contributed by atoms with E-state index in [0.717, 1.165) is 12.8 Å². The lowest BCUT2D eigenvalue weighted by atomic mass is 10.2. The standard InChI is InChI=1S/C7H13N3O2/c1-11-4-2-3-6(8)7-9-5-10-12-7/h5-6H,2-4,8H2,1H3. The lowest BCUT2D eigenvalue weighted by Crippen LogP contribution is -2.11. The highest BCUT2D eigenvalue weighted by Gasteiger charge is 2.10. The Hall–Kier alpha value is -0.940. The molecular weight excluding hydrogens is 158 g/mol. The van der Waals surface area contributed by atoms with E-state index in [1.807, 2.05) is 0 Å². The van der Waals surface area contributed by atoms with Gasteiger partial charge in [-0.2, -0.15) is 4.98 Å².